The van der Waals surface area contributed by atoms with E-state index in [1.54, 1.807) is 0 Å². The van der Waals surface area contributed by atoms with Crippen LogP contribution in [0.25, 0.3) is 0 Å². The van der Waals surface area contributed by atoms with Crippen LogP contribution < -0.4 is 0 Å². The highest BCUT2D eigenvalue weighted by molar-refractivity contribution is 6.81. The Kier molecular flexibility index (Phi) is 7.70. The lowest BCUT2D eigenvalue weighted by Gasteiger charge is -2.26. The van der Waals surface area contributed by atoms with Gasteiger partial charge in [0.1, 0.15) is 6.61 Å². The molecular weight excluding hydrogens is 200 g/mol. The number of rotatable bonds is 7. The summed E-state index contributed by atoms with van der Waals surface area (Å²) >= 11 is 0. The van der Waals surface area contributed by atoms with Crippen LogP contribution >= 0.6 is 0 Å². The number of allylic oxidation sites excluding steroid dienone is 3. The van der Waals surface area contributed by atoms with Gasteiger partial charge in [-0.15, -0.1) is 25.7 Å². The number of aliphatic hydroxyl groups excluding tert-OH is 1. The first-order chi connectivity index (χ1) is 7.24. The molecule has 0 aliphatic heterocycles. The minimum Gasteiger partial charge on any atom is -0.384 e. The molecule has 82 valence electrons. The Morgan fingerprint density at radius 1 is 0.933 bits per heavy atom. The topological polar surface area (TPSA) is 20.2 Å². The smallest absolute Gasteiger partial charge is 0.104 e. The normalized spacial score (nSPS) is 9.93. The second kappa shape index (κ2) is 8.28. The average Bonchev–Trinajstić information content (AvgIpc) is 2.19. The zero-order valence-corrected chi connectivity index (χ0v) is 10.3. The van der Waals surface area contributed by atoms with Gasteiger partial charge < -0.3 is 5.11 Å². The van der Waals surface area contributed by atoms with Crippen LogP contribution in [0.2, 0.25) is 24.2 Å². The summed E-state index contributed by atoms with van der Waals surface area (Å²) in [5.74, 6) is 5.76. The summed E-state index contributed by atoms with van der Waals surface area (Å²) in [4.78, 5) is 0. The Morgan fingerprint density at radius 3 is 1.73 bits per heavy atom. The molecule has 0 rings (SSSR count). The van der Waals surface area contributed by atoms with Crippen LogP contribution in [0.15, 0.2) is 38.0 Å². The van der Waals surface area contributed by atoms with Crippen LogP contribution in [0.4, 0.5) is 0 Å². The largest absolute Gasteiger partial charge is 0.384 e. The predicted octanol–water partition coefficient (Wildman–Crippen LogP) is 2.99. The fourth-order valence-electron chi connectivity index (χ4n) is 1.69. The molecule has 15 heavy (non-hydrogen) atoms. The van der Waals surface area contributed by atoms with Gasteiger partial charge >= 0.3 is 0 Å². The molecule has 0 fully saturated rings. The van der Waals surface area contributed by atoms with Gasteiger partial charge in [0.15, 0.2) is 0 Å². The minimum absolute atomic E-state index is 0.0548. The van der Waals surface area contributed by atoms with Gasteiger partial charge in [-0.2, -0.15) is 0 Å². The van der Waals surface area contributed by atoms with E-state index in [1.165, 1.54) is 0 Å². The van der Waals surface area contributed by atoms with E-state index >= 15 is 0 Å². The summed E-state index contributed by atoms with van der Waals surface area (Å²) in [6, 6.07) is 3.99. The van der Waals surface area contributed by atoms with E-state index in [2.05, 4.69) is 31.6 Å². The van der Waals surface area contributed by atoms with Gasteiger partial charge in [0.25, 0.3) is 0 Å². The Labute approximate surface area is 94.2 Å². The molecule has 0 saturated carbocycles. The van der Waals surface area contributed by atoms with Gasteiger partial charge in [-0.3, -0.25) is 0 Å². The number of hydrogen-bond acceptors (Lipinski definition) is 1. The second-order valence-electron chi connectivity index (χ2n) is 3.67. The molecule has 0 radical (unpaired) electrons. The van der Waals surface area contributed by atoms with E-state index in [0.717, 1.165) is 24.2 Å². The maximum Gasteiger partial charge on any atom is 0.104 e. The molecule has 0 aliphatic rings. The van der Waals surface area contributed by atoms with Gasteiger partial charge in [-0.05, 0) is 18.1 Å². The summed E-state index contributed by atoms with van der Waals surface area (Å²) in [7, 11) is -1.47. The molecule has 0 aromatic rings. The van der Waals surface area contributed by atoms with E-state index < -0.39 is 8.07 Å². The van der Waals surface area contributed by atoms with Gasteiger partial charge in [-0.25, -0.2) is 0 Å². The molecule has 0 unspecified atom stereocenters. The summed E-state index contributed by atoms with van der Waals surface area (Å²) in [5.41, 5.74) is 0. The molecular formula is C13H20OSi. The van der Waals surface area contributed by atoms with Gasteiger partial charge in [0, 0.05) is 6.04 Å². The van der Waals surface area contributed by atoms with Crippen molar-refractivity contribution in [2.75, 3.05) is 6.61 Å². The Balaban J connectivity index is 4.65. The first-order valence-corrected chi connectivity index (χ1v) is 7.97. The van der Waals surface area contributed by atoms with Crippen molar-refractivity contribution < 1.29 is 5.11 Å². The molecule has 0 bridgehead atoms. The molecule has 0 atom stereocenters. The van der Waals surface area contributed by atoms with Crippen LogP contribution in [0.1, 0.15) is 0 Å². The average molecular weight is 220 g/mol. The van der Waals surface area contributed by atoms with Crippen LogP contribution in [0, 0.1) is 11.8 Å². The quantitative estimate of drug-likeness (QED) is 0.397. The fourth-order valence-corrected chi connectivity index (χ4v) is 4.96. The molecule has 0 aromatic carbocycles. The Bertz CT molecular complexity index is 243. The second-order valence-corrected chi connectivity index (χ2v) is 8.25. The van der Waals surface area contributed by atoms with Crippen molar-refractivity contribution in [2.24, 2.45) is 0 Å². The minimum atomic E-state index is -1.47. The van der Waals surface area contributed by atoms with E-state index in [0.29, 0.717) is 0 Å². The molecule has 1 nitrogen and oxygen atoms in total. The van der Waals surface area contributed by atoms with Crippen molar-refractivity contribution in [1.82, 2.24) is 0 Å². The Morgan fingerprint density at radius 2 is 1.40 bits per heavy atom. The van der Waals surface area contributed by atoms with Crippen molar-refractivity contribution in [1.29, 1.82) is 0 Å². The highest BCUT2D eigenvalue weighted by Crippen LogP contribution is 2.26. The SMILES string of the molecule is C=CC[Si](CC#CCO)(CC=C)CC=C. The highest BCUT2D eigenvalue weighted by Gasteiger charge is 2.27. The lowest BCUT2D eigenvalue weighted by molar-refractivity contribution is 0.350. The molecule has 2 heteroatoms. The fraction of sp³-hybridized carbons (Fsp3) is 0.385. The van der Waals surface area contributed by atoms with Crippen molar-refractivity contribution in [3.05, 3.63) is 38.0 Å². The van der Waals surface area contributed by atoms with Crippen LogP contribution in [0.5, 0.6) is 0 Å². The highest BCUT2D eigenvalue weighted by atomic mass is 28.3. The third-order valence-electron chi connectivity index (χ3n) is 2.40. The molecule has 0 aromatic heterocycles. The van der Waals surface area contributed by atoms with Crippen molar-refractivity contribution in [2.45, 2.75) is 24.2 Å². The van der Waals surface area contributed by atoms with E-state index in [9.17, 15) is 0 Å². The summed E-state index contributed by atoms with van der Waals surface area (Å²) in [6.45, 7) is 11.4. The molecule has 0 heterocycles. The zero-order valence-electron chi connectivity index (χ0n) is 9.34. The van der Waals surface area contributed by atoms with E-state index in [4.69, 9.17) is 5.11 Å². The van der Waals surface area contributed by atoms with Crippen LogP contribution in [-0.4, -0.2) is 19.8 Å². The molecule has 0 aliphatic carbocycles. The monoisotopic (exact) mass is 220 g/mol. The summed E-state index contributed by atoms with van der Waals surface area (Å²) in [6.07, 6.45) is 5.92. The Hall–Kier alpha value is -1.04. The van der Waals surface area contributed by atoms with Gasteiger partial charge in [0.2, 0.25) is 0 Å². The van der Waals surface area contributed by atoms with Gasteiger partial charge in [0.05, 0.1) is 8.07 Å². The van der Waals surface area contributed by atoms with E-state index in [1.807, 2.05) is 18.2 Å². The molecule has 0 spiro atoms. The summed E-state index contributed by atoms with van der Waals surface area (Å²) < 4.78 is 0. The lowest BCUT2D eigenvalue weighted by Crippen LogP contribution is -2.31. The summed E-state index contributed by atoms with van der Waals surface area (Å²) in [5, 5.41) is 8.63. The van der Waals surface area contributed by atoms with Gasteiger partial charge in [-0.1, -0.05) is 24.1 Å². The maximum absolute atomic E-state index is 8.63. The number of hydrogen-bond donors (Lipinski definition) is 1. The third kappa shape index (κ3) is 5.41. The number of aliphatic hydroxyl groups is 1. The third-order valence-corrected chi connectivity index (χ3v) is 6.79. The first-order valence-electron chi connectivity index (χ1n) is 5.14. The van der Waals surface area contributed by atoms with Crippen molar-refractivity contribution in [3.63, 3.8) is 0 Å². The first kappa shape index (κ1) is 14.0. The maximum atomic E-state index is 8.63. The molecule has 1 N–H and O–H groups in total. The standard InChI is InChI=1S/C13H20OSi/c1-4-10-15(11-5-2,12-6-3)13-8-7-9-14/h4-6,14H,1-3,9-13H2. The van der Waals surface area contributed by atoms with Crippen LogP contribution in [-0.2, 0) is 0 Å². The molecule has 0 amide bonds. The van der Waals surface area contributed by atoms with Crippen molar-refractivity contribution in [3.8, 4) is 11.8 Å². The predicted molar refractivity (Wildman–Crippen MR) is 70.4 cm³/mol. The molecule has 0 saturated heterocycles. The lowest BCUT2D eigenvalue weighted by atomic mass is 10.6. The van der Waals surface area contributed by atoms with Crippen LogP contribution in [0.3, 0.4) is 0 Å². The zero-order chi connectivity index (χ0) is 11.6. The van der Waals surface area contributed by atoms with E-state index in [-0.39, 0.29) is 6.61 Å². The van der Waals surface area contributed by atoms with Crippen molar-refractivity contribution >= 4 is 8.07 Å².